The third kappa shape index (κ3) is 7.06. The summed E-state index contributed by atoms with van der Waals surface area (Å²) < 4.78 is -0.535. The van der Waals surface area contributed by atoms with Crippen molar-refractivity contribution in [2.45, 2.75) is 49.0 Å². The Morgan fingerprint density at radius 3 is 2.24 bits per heavy atom. The van der Waals surface area contributed by atoms with Crippen LogP contribution < -0.4 is 21.3 Å². The lowest BCUT2D eigenvalue weighted by molar-refractivity contribution is -0.129. The molecule has 1 heterocycles. The van der Waals surface area contributed by atoms with Crippen molar-refractivity contribution < 1.29 is 19.5 Å². The van der Waals surface area contributed by atoms with Gasteiger partial charge in [0.25, 0.3) is 0 Å². The summed E-state index contributed by atoms with van der Waals surface area (Å²) in [4.78, 5) is 38.7. The summed E-state index contributed by atoms with van der Waals surface area (Å²) in [5.41, 5.74) is 1.79. The molecule has 2 aromatic rings. The number of carbonyl (C=O) groups excluding carboxylic acids is 3. The first kappa shape index (κ1) is 25.7. The van der Waals surface area contributed by atoms with Crippen LogP contribution in [0.3, 0.4) is 0 Å². The van der Waals surface area contributed by atoms with E-state index in [-0.39, 0.29) is 37.3 Å². The predicted octanol–water partition coefficient (Wildman–Crippen LogP) is 0.949. The molecule has 1 fully saturated rings. The third-order valence-electron chi connectivity index (χ3n) is 5.55. The molecule has 1 aliphatic heterocycles. The fourth-order valence-corrected chi connectivity index (χ4v) is 5.31. The van der Waals surface area contributed by atoms with Crippen LogP contribution in [0.4, 0.5) is 0 Å². The summed E-state index contributed by atoms with van der Waals surface area (Å²) in [7, 11) is 0. The fourth-order valence-electron chi connectivity index (χ4n) is 3.81. The van der Waals surface area contributed by atoms with Gasteiger partial charge in [-0.25, -0.2) is 0 Å². The van der Waals surface area contributed by atoms with Gasteiger partial charge in [-0.3, -0.25) is 19.7 Å². The minimum atomic E-state index is -0.889. The molecule has 2 aromatic carbocycles. The number of thioether (sulfide) groups is 1. The summed E-state index contributed by atoms with van der Waals surface area (Å²) in [6.07, 6.45) is 0.143. The molecule has 3 atom stereocenters. The van der Waals surface area contributed by atoms with Gasteiger partial charge in [0.2, 0.25) is 17.7 Å². The molecule has 8 nitrogen and oxygen atoms in total. The Morgan fingerprint density at radius 2 is 1.62 bits per heavy atom. The second-order valence-electron chi connectivity index (χ2n) is 8.67. The lowest BCUT2D eigenvalue weighted by Crippen LogP contribution is -2.58. The zero-order chi connectivity index (χ0) is 24.6. The van der Waals surface area contributed by atoms with E-state index in [0.29, 0.717) is 6.54 Å². The van der Waals surface area contributed by atoms with Gasteiger partial charge in [0, 0.05) is 17.8 Å². The second-order valence-corrected chi connectivity index (χ2v) is 10.5. The van der Waals surface area contributed by atoms with Gasteiger partial charge in [0.15, 0.2) is 0 Å². The van der Waals surface area contributed by atoms with Gasteiger partial charge < -0.3 is 21.1 Å². The summed E-state index contributed by atoms with van der Waals surface area (Å²) in [6, 6.07) is 17.4. The first-order chi connectivity index (χ1) is 16.3. The van der Waals surface area contributed by atoms with Crippen molar-refractivity contribution in [3.8, 4) is 0 Å². The number of hydrogen-bond donors (Lipinski definition) is 5. The molecule has 3 amide bonds. The number of benzene rings is 2. The molecule has 1 aliphatic rings. The molecular weight excluding hydrogens is 452 g/mol. The lowest BCUT2D eigenvalue weighted by atomic mass is 10.0. The van der Waals surface area contributed by atoms with Gasteiger partial charge in [-0.2, -0.15) is 0 Å². The maximum Gasteiger partial charge on any atom is 0.245 e. The van der Waals surface area contributed by atoms with Crippen LogP contribution in [0.5, 0.6) is 0 Å². The molecule has 34 heavy (non-hydrogen) atoms. The molecule has 9 heteroatoms. The minimum absolute atomic E-state index is 0.143. The first-order valence-corrected chi connectivity index (χ1v) is 12.2. The van der Waals surface area contributed by atoms with Crippen molar-refractivity contribution in [3.05, 3.63) is 71.8 Å². The van der Waals surface area contributed by atoms with Crippen LogP contribution in [0.25, 0.3) is 0 Å². The number of carbonyl (C=O) groups is 3. The maximum absolute atomic E-state index is 13.2. The molecule has 0 unspecified atom stereocenters. The quantitative estimate of drug-likeness (QED) is 0.343. The number of aliphatic hydroxyl groups is 1. The fraction of sp³-hybridized carbons (Fsp3) is 0.400. The highest BCUT2D eigenvalue weighted by Crippen LogP contribution is 2.39. The highest BCUT2D eigenvalue weighted by atomic mass is 32.2. The van der Waals surface area contributed by atoms with E-state index in [1.807, 2.05) is 74.5 Å². The molecule has 0 radical (unpaired) electrons. The van der Waals surface area contributed by atoms with E-state index < -0.39 is 22.2 Å². The monoisotopic (exact) mass is 484 g/mol. The Balaban J connectivity index is 1.74. The van der Waals surface area contributed by atoms with Crippen molar-refractivity contribution in [3.63, 3.8) is 0 Å². The number of aliphatic hydroxyl groups excluding tert-OH is 1. The van der Waals surface area contributed by atoms with E-state index in [9.17, 15) is 14.4 Å². The molecular formula is C25H32N4O4S. The summed E-state index contributed by atoms with van der Waals surface area (Å²) in [5.74, 6) is -0.866. The summed E-state index contributed by atoms with van der Waals surface area (Å²) >= 11 is 1.43. The molecule has 5 N–H and O–H groups in total. The van der Waals surface area contributed by atoms with Crippen LogP contribution in [0, 0.1) is 0 Å². The largest absolute Gasteiger partial charge is 0.395 e. The van der Waals surface area contributed by atoms with Gasteiger partial charge in [-0.15, -0.1) is 11.8 Å². The van der Waals surface area contributed by atoms with E-state index in [0.717, 1.165) is 11.1 Å². The molecule has 0 saturated carbocycles. The molecule has 0 aliphatic carbocycles. The number of amides is 3. The second kappa shape index (κ2) is 12.0. The molecule has 0 bridgehead atoms. The van der Waals surface area contributed by atoms with Crippen LogP contribution in [-0.4, -0.2) is 58.2 Å². The van der Waals surface area contributed by atoms with Crippen LogP contribution in [0.2, 0.25) is 0 Å². The number of rotatable bonds is 10. The van der Waals surface area contributed by atoms with Gasteiger partial charge in [0.1, 0.15) is 12.1 Å². The van der Waals surface area contributed by atoms with E-state index >= 15 is 0 Å². The van der Waals surface area contributed by atoms with Gasteiger partial charge >= 0.3 is 0 Å². The molecule has 182 valence electrons. The van der Waals surface area contributed by atoms with Crippen LogP contribution in [0.1, 0.15) is 25.0 Å². The Kier molecular flexibility index (Phi) is 9.09. The van der Waals surface area contributed by atoms with Crippen molar-refractivity contribution >= 4 is 29.5 Å². The Hall–Kier alpha value is -2.88. The zero-order valence-corrected chi connectivity index (χ0v) is 20.2. The van der Waals surface area contributed by atoms with E-state index in [1.54, 1.807) is 0 Å². The Bertz CT molecular complexity index is 971. The maximum atomic E-state index is 13.2. The average Bonchev–Trinajstić information content (AvgIpc) is 3.15. The Labute approximate surface area is 204 Å². The smallest absolute Gasteiger partial charge is 0.245 e. The van der Waals surface area contributed by atoms with Crippen molar-refractivity contribution in [2.24, 2.45) is 0 Å². The van der Waals surface area contributed by atoms with Gasteiger partial charge in [0.05, 0.1) is 18.4 Å². The van der Waals surface area contributed by atoms with Crippen molar-refractivity contribution in [1.29, 1.82) is 0 Å². The average molecular weight is 485 g/mol. The van der Waals surface area contributed by atoms with E-state index in [4.69, 9.17) is 5.11 Å². The Morgan fingerprint density at radius 1 is 1.00 bits per heavy atom. The zero-order valence-electron chi connectivity index (χ0n) is 19.4. The first-order valence-electron chi connectivity index (χ1n) is 11.3. The van der Waals surface area contributed by atoms with Gasteiger partial charge in [-0.1, -0.05) is 60.7 Å². The summed E-state index contributed by atoms with van der Waals surface area (Å²) in [5, 5.41) is 20.2. The van der Waals surface area contributed by atoms with Crippen molar-refractivity contribution in [1.82, 2.24) is 21.3 Å². The van der Waals surface area contributed by atoms with E-state index in [1.165, 1.54) is 11.8 Å². The van der Waals surface area contributed by atoms with Crippen LogP contribution in [0.15, 0.2) is 60.7 Å². The molecule has 3 rings (SSSR count). The molecule has 1 saturated heterocycles. The van der Waals surface area contributed by atoms with E-state index in [2.05, 4.69) is 21.3 Å². The van der Waals surface area contributed by atoms with Crippen LogP contribution >= 0.6 is 11.8 Å². The minimum Gasteiger partial charge on any atom is -0.395 e. The number of hydrogen-bond acceptors (Lipinski definition) is 6. The predicted molar refractivity (Wildman–Crippen MR) is 133 cm³/mol. The topological polar surface area (TPSA) is 120 Å². The normalized spacial score (nSPS) is 19.7. The highest BCUT2D eigenvalue weighted by molar-refractivity contribution is 8.01. The lowest BCUT2D eigenvalue weighted by Gasteiger charge is -2.25. The van der Waals surface area contributed by atoms with Gasteiger partial charge in [-0.05, 0) is 25.0 Å². The SMILES string of the molecule is CC1(C)S[C@H]([C@H](NC(=O)Cc2ccccc2)C(=O)NCc2ccccc2)N[C@H]1C(=O)NCCO. The summed E-state index contributed by atoms with van der Waals surface area (Å²) in [6.45, 7) is 4.15. The molecule has 0 aromatic heterocycles. The standard InChI is InChI=1S/C25H32N4O4S/c1-25(2)21(23(33)26-13-14-30)29-24(34-25)20(22(32)27-16-18-11-7-4-8-12-18)28-19(31)15-17-9-5-3-6-10-17/h3-12,20-21,24,29-30H,13-16H2,1-2H3,(H,26,33)(H,27,32)(H,28,31)/t20-,21+,24-/m1/s1. The number of nitrogens with one attached hydrogen (secondary N) is 4. The molecule has 0 spiro atoms. The third-order valence-corrected chi connectivity index (χ3v) is 7.05. The highest BCUT2D eigenvalue weighted by Gasteiger charge is 2.49. The van der Waals surface area contributed by atoms with Crippen molar-refractivity contribution in [2.75, 3.05) is 13.2 Å². The van der Waals surface area contributed by atoms with Crippen LogP contribution in [-0.2, 0) is 27.3 Å².